The van der Waals surface area contributed by atoms with Gasteiger partial charge in [-0.2, -0.15) is 0 Å². The van der Waals surface area contributed by atoms with Gasteiger partial charge in [0.2, 0.25) is 0 Å². The molecular formula is C17H29N3. The minimum absolute atomic E-state index is 0.586. The molecule has 20 heavy (non-hydrogen) atoms. The molecule has 2 rings (SSSR count). The van der Waals surface area contributed by atoms with Gasteiger partial charge in [0, 0.05) is 50.6 Å². The highest BCUT2D eigenvalue weighted by Gasteiger charge is 2.29. The van der Waals surface area contributed by atoms with Crippen molar-refractivity contribution in [3.63, 3.8) is 0 Å². The molecule has 2 unspecified atom stereocenters. The summed E-state index contributed by atoms with van der Waals surface area (Å²) in [5.41, 5.74) is 2.62. The second-order valence-electron chi connectivity index (χ2n) is 6.39. The Labute approximate surface area is 124 Å². The number of rotatable bonds is 4. The first kappa shape index (κ1) is 15.2. The van der Waals surface area contributed by atoms with E-state index in [2.05, 4.69) is 74.2 Å². The van der Waals surface area contributed by atoms with Gasteiger partial charge in [-0.05, 0) is 36.6 Å². The van der Waals surface area contributed by atoms with Gasteiger partial charge in [-0.1, -0.05) is 20.8 Å². The quantitative estimate of drug-likeness (QED) is 0.911. The lowest BCUT2D eigenvalue weighted by atomic mass is 9.97. The van der Waals surface area contributed by atoms with E-state index in [-0.39, 0.29) is 0 Å². The van der Waals surface area contributed by atoms with E-state index in [1.807, 2.05) is 0 Å². The molecule has 0 radical (unpaired) electrons. The molecule has 112 valence electrons. The minimum atomic E-state index is 0.586. The van der Waals surface area contributed by atoms with E-state index in [1.165, 1.54) is 17.8 Å². The fourth-order valence-electron chi connectivity index (χ4n) is 2.94. The summed E-state index contributed by atoms with van der Waals surface area (Å²) in [6.45, 7) is 9.10. The van der Waals surface area contributed by atoms with Gasteiger partial charge in [0.1, 0.15) is 0 Å². The van der Waals surface area contributed by atoms with E-state index < -0.39 is 0 Å². The van der Waals surface area contributed by atoms with Crippen molar-refractivity contribution < 1.29 is 0 Å². The zero-order valence-electron chi connectivity index (χ0n) is 13.6. The average molecular weight is 275 g/mol. The molecule has 0 saturated carbocycles. The van der Waals surface area contributed by atoms with E-state index in [9.17, 15) is 0 Å². The number of nitrogens with one attached hydrogen (secondary N) is 1. The molecule has 0 aromatic heterocycles. The molecule has 0 amide bonds. The molecule has 1 aliphatic heterocycles. The summed E-state index contributed by atoms with van der Waals surface area (Å²) in [7, 11) is 4.17. The Hall–Kier alpha value is -1.22. The maximum absolute atomic E-state index is 3.68. The Morgan fingerprint density at radius 3 is 2.40 bits per heavy atom. The minimum Gasteiger partial charge on any atom is -0.378 e. The van der Waals surface area contributed by atoms with E-state index in [1.54, 1.807) is 0 Å². The standard InChI is InChI=1S/C17H29N3/c1-6-14-12-20(17(11-18-14)13(2)3)16-9-7-15(8-10-16)19(4)5/h7-10,13-14,17-18H,6,11-12H2,1-5H3. The SMILES string of the molecule is CCC1CN(c2ccc(N(C)C)cc2)C(C(C)C)CN1. The van der Waals surface area contributed by atoms with Crippen molar-refractivity contribution in [2.45, 2.75) is 39.3 Å². The first-order valence-corrected chi connectivity index (χ1v) is 7.80. The lowest BCUT2D eigenvalue weighted by molar-refractivity contribution is 0.333. The second-order valence-corrected chi connectivity index (χ2v) is 6.39. The van der Waals surface area contributed by atoms with E-state index in [4.69, 9.17) is 0 Å². The van der Waals surface area contributed by atoms with Crippen molar-refractivity contribution in [2.24, 2.45) is 5.92 Å². The molecule has 0 spiro atoms. The summed E-state index contributed by atoms with van der Waals surface area (Å²) in [6, 6.07) is 10.2. The summed E-state index contributed by atoms with van der Waals surface area (Å²) >= 11 is 0. The molecule has 3 heteroatoms. The summed E-state index contributed by atoms with van der Waals surface area (Å²) in [5, 5.41) is 3.68. The normalized spacial score (nSPS) is 23.2. The number of hydrogen-bond donors (Lipinski definition) is 1. The third-order valence-corrected chi connectivity index (χ3v) is 4.39. The highest BCUT2D eigenvalue weighted by atomic mass is 15.2. The van der Waals surface area contributed by atoms with Crippen LogP contribution in [-0.2, 0) is 0 Å². The molecule has 1 aromatic carbocycles. The number of piperazine rings is 1. The Kier molecular flexibility index (Phi) is 4.92. The van der Waals surface area contributed by atoms with Crippen molar-refractivity contribution in [1.82, 2.24) is 5.32 Å². The highest BCUT2D eigenvalue weighted by Crippen LogP contribution is 2.26. The van der Waals surface area contributed by atoms with Gasteiger partial charge in [-0.25, -0.2) is 0 Å². The topological polar surface area (TPSA) is 18.5 Å². The van der Waals surface area contributed by atoms with Crippen LogP contribution in [-0.4, -0.2) is 39.3 Å². The van der Waals surface area contributed by atoms with Gasteiger partial charge in [0.15, 0.2) is 0 Å². The van der Waals surface area contributed by atoms with Gasteiger partial charge in [-0.3, -0.25) is 0 Å². The zero-order valence-corrected chi connectivity index (χ0v) is 13.6. The largest absolute Gasteiger partial charge is 0.378 e. The summed E-state index contributed by atoms with van der Waals surface area (Å²) in [5.74, 6) is 0.661. The fourth-order valence-corrected chi connectivity index (χ4v) is 2.94. The Morgan fingerprint density at radius 2 is 1.90 bits per heavy atom. The monoisotopic (exact) mass is 275 g/mol. The van der Waals surface area contributed by atoms with Crippen LogP contribution < -0.4 is 15.1 Å². The van der Waals surface area contributed by atoms with Crippen molar-refractivity contribution in [2.75, 3.05) is 37.0 Å². The van der Waals surface area contributed by atoms with Crippen molar-refractivity contribution in [1.29, 1.82) is 0 Å². The Balaban J connectivity index is 2.20. The lowest BCUT2D eigenvalue weighted by Gasteiger charge is -2.44. The number of nitrogens with zero attached hydrogens (tertiary/aromatic N) is 2. The molecular weight excluding hydrogens is 246 g/mol. The van der Waals surface area contributed by atoms with Crippen molar-refractivity contribution in [3.05, 3.63) is 24.3 Å². The lowest BCUT2D eigenvalue weighted by Crippen LogP contribution is -2.58. The average Bonchev–Trinajstić information content (AvgIpc) is 2.46. The van der Waals surface area contributed by atoms with Crippen LogP contribution in [0.4, 0.5) is 11.4 Å². The first-order chi connectivity index (χ1) is 9.52. The first-order valence-electron chi connectivity index (χ1n) is 7.80. The molecule has 1 saturated heterocycles. The molecule has 1 aromatic rings. The van der Waals surface area contributed by atoms with Crippen molar-refractivity contribution >= 4 is 11.4 Å². The highest BCUT2D eigenvalue weighted by molar-refractivity contribution is 5.56. The molecule has 1 N–H and O–H groups in total. The predicted molar refractivity (Wildman–Crippen MR) is 88.8 cm³/mol. The fraction of sp³-hybridized carbons (Fsp3) is 0.647. The maximum Gasteiger partial charge on any atom is 0.0438 e. The summed E-state index contributed by atoms with van der Waals surface area (Å²) in [6.07, 6.45) is 1.19. The van der Waals surface area contributed by atoms with Crippen LogP contribution in [0, 0.1) is 5.92 Å². The van der Waals surface area contributed by atoms with Crippen LogP contribution in [0.25, 0.3) is 0 Å². The summed E-state index contributed by atoms with van der Waals surface area (Å²) < 4.78 is 0. The number of anilines is 2. The molecule has 0 bridgehead atoms. The molecule has 1 fully saturated rings. The van der Waals surface area contributed by atoms with Crippen molar-refractivity contribution in [3.8, 4) is 0 Å². The van der Waals surface area contributed by atoms with Gasteiger partial charge >= 0.3 is 0 Å². The molecule has 2 atom stereocenters. The number of benzene rings is 1. The van der Waals surface area contributed by atoms with E-state index >= 15 is 0 Å². The second kappa shape index (κ2) is 6.49. The van der Waals surface area contributed by atoms with Crippen LogP contribution in [0.2, 0.25) is 0 Å². The Bertz CT molecular complexity index is 411. The van der Waals surface area contributed by atoms with Crippen LogP contribution in [0.15, 0.2) is 24.3 Å². The van der Waals surface area contributed by atoms with Crippen LogP contribution >= 0.6 is 0 Å². The van der Waals surface area contributed by atoms with Gasteiger partial charge in [0.25, 0.3) is 0 Å². The predicted octanol–water partition coefficient (Wildman–Crippen LogP) is 2.97. The molecule has 1 heterocycles. The van der Waals surface area contributed by atoms with Crippen LogP contribution in [0.5, 0.6) is 0 Å². The molecule has 1 aliphatic rings. The Morgan fingerprint density at radius 1 is 1.25 bits per heavy atom. The van der Waals surface area contributed by atoms with Crippen LogP contribution in [0.3, 0.4) is 0 Å². The van der Waals surface area contributed by atoms with Gasteiger partial charge in [-0.15, -0.1) is 0 Å². The molecule has 0 aliphatic carbocycles. The smallest absolute Gasteiger partial charge is 0.0438 e. The number of hydrogen-bond acceptors (Lipinski definition) is 3. The zero-order chi connectivity index (χ0) is 14.7. The molecule has 3 nitrogen and oxygen atoms in total. The van der Waals surface area contributed by atoms with Gasteiger partial charge < -0.3 is 15.1 Å². The van der Waals surface area contributed by atoms with Gasteiger partial charge in [0.05, 0.1) is 0 Å². The van der Waals surface area contributed by atoms with E-state index in [0.717, 1.165) is 13.1 Å². The summed E-state index contributed by atoms with van der Waals surface area (Å²) in [4.78, 5) is 4.74. The van der Waals surface area contributed by atoms with E-state index in [0.29, 0.717) is 18.0 Å². The maximum atomic E-state index is 3.68. The third-order valence-electron chi connectivity index (χ3n) is 4.39. The van der Waals surface area contributed by atoms with Crippen LogP contribution in [0.1, 0.15) is 27.2 Å². The third kappa shape index (κ3) is 3.26.